The quantitative estimate of drug-likeness (QED) is 0.749. The summed E-state index contributed by atoms with van der Waals surface area (Å²) in [5, 5.41) is 3.64. The SMILES string of the molecule is CC1CCN(CC2NCCC2C)CC1C. The lowest BCUT2D eigenvalue weighted by atomic mass is 9.88. The van der Waals surface area contributed by atoms with Crippen molar-refractivity contribution in [3.63, 3.8) is 0 Å². The normalized spacial score (nSPS) is 43.4. The molecule has 1 N–H and O–H groups in total. The minimum Gasteiger partial charge on any atom is -0.312 e. The van der Waals surface area contributed by atoms with Gasteiger partial charge in [0, 0.05) is 19.1 Å². The van der Waals surface area contributed by atoms with Crippen LogP contribution in [-0.2, 0) is 0 Å². The van der Waals surface area contributed by atoms with Gasteiger partial charge in [0.2, 0.25) is 0 Å². The van der Waals surface area contributed by atoms with E-state index in [-0.39, 0.29) is 0 Å². The molecule has 2 fully saturated rings. The molecule has 4 unspecified atom stereocenters. The number of nitrogens with one attached hydrogen (secondary N) is 1. The van der Waals surface area contributed by atoms with Crippen LogP contribution >= 0.6 is 0 Å². The van der Waals surface area contributed by atoms with Gasteiger partial charge >= 0.3 is 0 Å². The molecule has 2 saturated heterocycles. The molecule has 88 valence electrons. The maximum absolute atomic E-state index is 3.64. The zero-order valence-corrected chi connectivity index (χ0v) is 10.5. The fraction of sp³-hybridized carbons (Fsp3) is 1.00. The Bertz CT molecular complexity index is 205. The smallest absolute Gasteiger partial charge is 0.0221 e. The van der Waals surface area contributed by atoms with Gasteiger partial charge in [0.15, 0.2) is 0 Å². The highest BCUT2D eigenvalue weighted by Crippen LogP contribution is 2.24. The van der Waals surface area contributed by atoms with Crippen molar-refractivity contribution in [1.82, 2.24) is 10.2 Å². The lowest BCUT2D eigenvalue weighted by Gasteiger charge is -2.37. The van der Waals surface area contributed by atoms with Gasteiger partial charge in [-0.15, -0.1) is 0 Å². The molecular formula is C13H26N2. The fourth-order valence-electron chi connectivity index (χ4n) is 2.94. The van der Waals surface area contributed by atoms with Crippen LogP contribution < -0.4 is 5.32 Å². The third-order valence-corrected chi connectivity index (χ3v) is 4.57. The van der Waals surface area contributed by atoms with Crippen LogP contribution in [0.5, 0.6) is 0 Å². The molecule has 0 bridgehead atoms. The number of hydrogen-bond acceptors (Lipinski definition) is 2. The lowest BCUT2D eigenvalue weighted by molar-refractivity contribution is 0.124. The number of piperidine rings is 1. The molecule has 0 saturated carbocycles. The maximum Gasteiger partial charge on any atom is 0.0221 e. The number of likely N-dealkylation sites (tertiary alicyclic amines) is 1. The molecule has 2 heterocycles. The van der Waals surface area contributed by atoms with Gasteiger partial charge in [0.1, 0.15) is 0 Å². The Labute approximate surface area is 94.4 Å². The van der Waals surface area contributed by atoms with Gasteiger partial charge in [0.05, 0.1) is 0 Å². The first-order valence-corrected chi connectivity index (χ1v) is 6.62. The van der Waals surface area contributed by atoms with E-state index in [1.807, 2.05) is 0 Å². The van der Waals surface area contributed by atoms with E-state index in [4.69, 9.17) is 0 Å². The molecule has 0 aromatic rings. The highest BCUT2D eigenvalue weighted by Gasteiger charge is 2.28. The molecule has 2 aliphatic heterocycles. The molecule has 2 heteroatoms. The Hall–Kier alpha value is -0.0800. The van der Waals surface area contributed by atoms with Crippen LogP contribution in [0.1, 0.15) is 33.6 Å². The summed E-state index contributed by atoms with van der Waals surface area (Å²) < 4.78 is 0. The Morgan fingerprint density at radius 3 is 2.47 bits per heavy atom. The first-order valence-electron chi connectivity index (χ1n) is 6.62. The van der Waals surface area contributed by atoms with Gasteiger partial charge in [-0.25, -0.2) is 0 Å². The summed E-state index contributed by atoms with van der Waals surface area (Å²) in [7, 11) is 0. The van der Waals surface area contributed by atoms with E-state index in [0.29, 0.717) is 0 Å². The molecule has 15 heavy (non-hydrogen) atoms. The number of nitrogens with zero attached hydrogens (tertiary/aromatic N) is 1. The number of hydrogen-bond donors (Lipinski definition) is 1. The van der Waals surface area contributed by atoms with E-state index >= 15 is 0 Å². The van der Waals surface area contributed by atoms with Crippen LogP contribution in [0.25, 0.3) is 0 Å². The second-order valence-corrected chi connectivity index (χ2v) is 5.83. The van der Waals surface area contributed by atoms with E-state index < -0.39 is 0 Å². The summed E-state index contributed by atoms with van der Waals surface area (Å²) in [5.41, 5.74) is 0. The van der Waals surface area contributed by atoms with Gasteiger partial charge in [-0.2, -0.15) is 0 Å². The largest absolute Gasteiger partial charge is 0.312 e. The fourth-order valence-corrected chi connectivity index (χ4v) is 2.94. The summed E-state index contributed by atoms with van der Waals surface area (Å²) >= 11 is 0. The van der Waals surface area contributed by atoms with Crippen LogP contribution in [-0.4, -0.2) is 37.1 Å². The van der Waals surface area contributed by atoms with Crippen molar-refractivity contribution < 1.29 is 0 Å². The van der Waals surface area contributed by atoms with Crippen LogP contribution in [0, 0.1) is 17.8 Å². The minimum absolute atomic E-state index is 0.755. The standard InChI is InChI=1S/C13H26N2/c1-10-5-7-15(8-12(10)3)9-13-11(2)4-6-14-13/h10-14H,4-9H2,1-3H3. The third kappa shape index (κ3) is 2.73. The predicted octanol–water partition coefficient (Wildman–Crippen LogP) is 1.96. The van der Waals surface area contributed by atoms with Crippen molar-refractivity contribution in [3.05, 3.63) is 0 Å². The molecule has 0 aromatic carbocycles. The van der Waals surface area contributed by atoms with Crippen LogP contribution in [0.2, 0.25) is 0 Å². The van der Waals surface area contributed by atoms with Crippen molar-refractivity contribution in [1.29, 1.82) is 0 Å². The summed E-state index contributed by atoms with van der Waals surface area (Å²) in [4.78, 5) is 2.67. The third-order valence-electron chi connectivity index (χ3n) is 4.57. The molecule has 0 amide bonds. The highest BCUT2D eigenvalue weighted by atomic mass is 15.2. The van der Waals surface area contributed by atoms with Gasteiger partial charge < -0.3 is 10.2 Å². The zero-order valence-electron chi connectivity index (χ0n) is 10.5. The predicted molar refractivity (Wildman–Crippen MR) is 65.0 cm³/mol. The Balaban J connectivity index is 1.80. The van der Waals surface area contributed by atoms with E-state index in [0.717, 1.165) is 23.8 Å². The molecule has 4 atom stereocenters. The topological polar surface area (TPSA) is 15.3 Å². The average Bonchev–Trinajstić information content (AvgIpc) is 2.59. The zero-order chi connectivity index (χ0) is 10.8. The summed E-state index contributed by atoms with van der Waals surface area (Å²) in [5.74, 6) is 2.69. The highest BCUT2D eigenvalue weighted by molar-refractivity contribution is 4.85. The minimum atomic E-state index is 0.755. The Morgan fingerprint density at radius 1 is 1.07 bits per heavy atom. The first kappa shape index (κ1) is 11.4. The molecule has 2 aliphatic rings. The van der Waals surface area contributed by atoms with Crippen LogP contribution in [0.3, 0.4) is 0 Å². The van der Waals surface area contributed by atoms with Crippen molar-refractivity contribution in [2.75, 3.05) is 26.2 Å². The van der Waals surface area contributed by atoms with E-state index in [9.17, 15) is 0 Å². The molecule has 2 nitrogen and oxygen atoms in total. The molecular weight excluding hydrogens is 184 g/mol. The summed E-state index contributed by atoms with van der Waals surface area (Å²) in [6.07, 6.45) is 2.76. The van der Waals surface area contributed by atoms with E-state index in [1.165, 1.54) is 39.0 Å². The second kappa shape index (κ2) is 4.84. The van der Waals surface area contributed by atoms with Gasteiger partial charge in [-0.1, -0.05) is 20.8 Å². The monoisotopic (exact) mass is 210 g/mol. The van der Waals surface area contributed by atoms with Gasteiger partial charge in [-0.3, -0.25) is 0 Å². The lowest BCUT2D eigenvalue weighted by Crippen LogP contribution is -2.45. The summed E-state index contributed by atoms with van der Waals surface area (Å²) in [6.45, 7) is 12.3. The second-order valence-electron chi connectivity index (χ2n) is 5.83. The molecule has 0 spiro atoms. The van der Waals surface area contributed by atoms with Crippen molar-refractivity contribution in [3.8, 4) is 0 Å². The maximum atomic E-state index is 3.64. The van der Waals surface area contributed by atoms with E-state index in [2.05, 4.69) is 31.0 Å². The average molecular weight is 210 g/mol. The van der Waals surface area contributed by atoms with Crippen LogP contribution in [0.4, 0.5) is 0 Å². The van der Waals surface area contributed by atoms with Gasteiger partial charge in [-0.05, 0) is 43.7 Å². The first-order chi connectivity index (χ1) is 7.16. The van der Waals surface area contributed by atoms with Crippen LogP contribution in [0.15, 0.2) is 0 Å². The Morgan fingerprint density at radius 2 is 1.87 bits per heavy atom. The molecule has 0 radical (unpaired) electrons. The summed E-state index contributed by atoms with van der Waals surface area (Å²) in [6, 6.07) is 0.755. The molecule has 0 aliphatic carbocycles. The van der Waals surface area contributed by atoms with Crippen molar-refractivity contribution in [2.45, 2.75) is 39.7 Å². The number of rotatable bonds is 2. The van der Waals surface area contributed by atoms with E-state index in [1.54, 1.807) is 0 Å². The van der Waals surface area contributed by atoms with Crippen molar-refractivity contribution in [2.24, 2.45) is 17.8 Å². The Kier molecular flexibility index (Phi) is 3.68. The molecule has 2 rings (SSSR count). The van der Waals surface area contributed by atoms with Gasteiger partial charge in [0.25, 0.3) is 0 Å². The molecule has 0 aromatic heterocycles. The van der Waals surface area contributed by atoms with Crippen molar-refractivity contribution >= 4 is 0 Å².